The minimum absolute atomic E-state index is 0.153. The molecule has 0 aromatic heterocycles. The van der Waals surface area contributed by atoms with Gasteiger partial charge in [0.1, 0.15) is 11.3 Å². The fourth-order valence-corrected chi connectivity index (χ4v) is 2.07. The quantitative estimate of drug-likeness (QED) is 0.609. The lowest BCUT2D eigenvalue weighted by Gasteiger charge is -2.02. The molecule has 0 saturated carbocycles. The molecule has 2 rings (SSSR count). The van der Waals surface area contributed by atoms with Crippen molar-refractivity contribution in [3.05, 3.63) is 38.9 Å². The highest BCUT2D eigenvalue weighted by Gasteiger charge is 2.31. The highest BCUT2D eigenvalue weighted by molar-refractivity contribution is 6.40. The van der Waals surface area contributed by atoms with Crippen LogP contribution in [0.15, 0.2) is 17.7 Å². The van der Waals surface area contributed by atoms with E-state index in [-0.39, 0.29) is 32.5 Å². The van der Waals surface area contributed by atoms with Gasteiger partial charge in [0.25, 0.3) is 0 Å². The number of benzene rings is 1. The Morgan fingerprint density at radius 3 is 2.53 bits per heavy atom. The lowest BCUT2D eigenvalue weighted by Crippen LogP contribution is -1.99. The van der Waals surface area contributed by atoms with Crippen molar-refractivity contribution in [3.8, 4) is 0 Å². The molecule has 0 atom stereocenters. The molecule has 0 amide bonds. The summed E-state index contributed by atoms with van der Waals surface area (Å²) in [4.78, 5) is 22.2. The molecule has 0 aliphatic heterocycles. The van der Waals surface area contributed by atoms with E-state index in [9.17, 15) is 14.7 Å². The SMILES string of the molecule is O=CC1=C(O)c2c(Cl)cc(Cl)cc2C1=O. The van der Waals surface area contributed by atoms with Gasteiger partial charge in [-0.2, -0.15) is 0 Å². The summed E-state index contributed by atoms with van der Waals surface area (Å²) in [7, 11) is 0. The number of allylic oxidation sites excluding steroid dienone is 1. The van der Waals surface area contributed by atoms with Crippen LogP contribution in [-0.4, -0.2) is 17.2 Å². The summed E-state index contributed by atoms with van der Waals surface area (Å²) in [5.41, 5.74) is 0.0504. The Morgan fingerprint density at radius 1 is 1.27 bits per heavy atom. The number of ketones is 1. The number of aldehydes is 1. The number of Topliss-reactive ketones (excluding diaryl/α,β-unsaturated/α-hetero) is 1. The van der Waals surface area contributed by atoms with Gasteiger partial charge in [-0.3, -0.25) is 9.59 Å². The van der Waals surface area contributed by atoms with Crippen LogP contribution in [0.1, 0.15) is 15.9 Å². The van der Waals surface area contributed by atoms with Gasteiger partial charge in [0.05, 0.1) is 5.02 Å². The summed E-state index contributed by atoms with van der Waals surface area (Å²) >= 11 is 11.5. The zero-order valence-electron chi connectivity index (χ0n) is 7.25. The van der Waals surface area contributed by atoms with Gasteiger partial charge in [-0.15, -0.1) is 0 Å². The molecule has 0 saturated heterocycles. The van der Waals surface area contributed by atoms with Crippen LogP contribution < -0.4 is 0 Å². The molecule has 0 spiro atoms. The predicted octanol–water partition coefficient (Wildman–Crippen LogP) is 2.66. The van der Waals surface area contributed by atoms with E-state index in [1.165, 1.54) is 12.1 Å². The van der Waals surface area contributed by atoms with Crippen molar-refractivity contribution in [2.24, 2.45) is 0 Å². The maximum atomic E-state index is 11.6. The molecule has 0 unspecified atom stereocenters. The molecule has 1 N–H and O–H groups in total. The van der Waals surface area contributed by atoms with Crippen molar-refractivity contribution in [2.75, 3.05) is 0 Å². The number of carbonyl (C=O) groups is 2. The standard InChI is InChI=1S/C10H4Cl2O3/c11-4-1-5-8(7(12)2-4)10(15)6(3-13)9(5)14/h1-3,15H. The van der Waals surface area contributed by atoms with E-state index >= 15 is 0 Å². The second-order valence-corrected chi connectivity index (χ2v) is 3.86. The molecule has 5 heteroatoms. The number of carbonyl (C=O) groups excluding carboxylic acids is 2. The fraction of sp³-hybridized carbons (Fsp3) is 0. The number of aliphatic hydroxyl groups excluding tert-OH is 1. The topological polar surface area (TPSA) is 54.4 Å². The summed E-state index contributed by atoms with van der Waals surface area (Å²) in [6, 6.07) is 2.77. The Morgan fingerprint density at radius 2 is 1.93 bits per heavy atom. The summed E-state index contributed by atoms with van der Waals surface area (Å²) < 4.78 is 0. The van der Waals surface area contributed by atoms with Crippen LogP contribution in [0.4, 0.5) is 0 Å². The van der Waals surface area contributed by atoms with Crippen molar-refractivity contribution in [3.63, 3.8) is 0 Å². The Labute approximate surface area is 94.9 Å². The Hall–Kier alpha value is -1.32. The third-order valence-corrected chi connectivity index (χ3v) is 2.67. The smallest absolute Gasteiger partial charge is 0.200 e. The summed E-state index contributed by atoms with van der Waals surface area (Å²) in [6.07, 6.45) is 0.307. The molecule has 3 nitrogen and oxygen atoms in total. The molecule has 1 aliphatic carbocycles. The second-order valence-electron chi connectivity index (χ2n) is 3.02. The Balaban J connectivity index is 2.79. The van der Waals surface area contributed by atoms with Gasteiger partial charge in [0.2, 0.25) is 5.78 Å². The van der Waals surface area contributed by atoms with Gasteiger partial charge in [-0.05, 0) is 12.1 Å². The van der Waals surface area contributed by atoms with Crippen molar-refractivity contribution < 1.29 is 14.7 Å². The minimum atomic E-state index is -0.554. The van der Waals surface area contributed by atoms with E-state index in [0.29, 0.717) is 6.29 Å². The largest absolute Gasteiger partial charge is 0.506 e. The molecule has 0 fully saturated rings. The lowest BCUT2D eigenvalue weighted by molar-refractivity contribution is -0.104. The molecule has 0 radical (unpaired) electrons. The molecule has 0 heterocycles. The highest BCUT2D eigenvalue weighted by atomic mass is 35.5. The third-order valence-electron chi connectivity index (χ3n) is 2.15. The maximum absolute atomic E-state index is 11.6. The van der Waals surface area contributed by atoms with Crippen LogP contribution in [0, 0.1) is 0 Å². The molecule has 1 aliphatic rings. The van der Waals surface area contributed by atoms with Gasteiger partial charge in [0.15, 0.2) is 6.29 Å². The van der Waals surface area contributed by atoms with Crippen LogP contribution in [0.25, 0.3) is 5.76 Å². The van der Waals surface area contributed by atoms with E-state index in [0.717, 1.165) is 0 Å². The van der Waals surface area contributed by atoms with Gasteiger partial charge >= 0.3 is 0 Å². The Kier molecular flexibility index (Phi) is 2.29. The molecule has 1 aromatic carbocycles. The van der Waals surface area contributed by atoms with Crippen LogP contribution in [-0.2, 0) is 4.79 Å². The zero-order valence-corrected chi connectivity index (χ0v) is 8.76. The number of rotatable bonds is 1. The molecule has 1 aromatic rings. The zero-order chi connectivity index (χ0) is 11.2. The number of fused-ring (bicyclic) bond motifs is 1. The van der Waals surface area contributed by atoms with Gasteiger partial charge in [-0.25, -0.2) is 0 Å². The van der Waals surface area contributed by atoms with Crippen molar-refractivity contribution in [1.82, 2.24) is 0 Å². The van der Waals surface area contributed by atoms with E-state index in [1.54, 1.807) is 0 Å². The van der Waals surface area contributed by atoms with E-state index in [2.05, 4.69) is 0 Å². The monoisotopic (exact) mass is 242 g/mol. The van der Waals surface area contributed by atoms with Crippen LogP contribution in [0.5, 0.6) is 0 Å². The first-order chi connectivity index (χ1) is 7.06. The average molecular weight is 243 g/mol. The van der Waals surface area contributed by atoms with Crippen molar-refractivity contribution >= 4 is 41.0 Å². The first-order valence-corrected chi connectivity index (χ1v) is 4.74. The molecular formula is C10H4Cl2O3. The molecule has 0 bridgehead atoms. The second kappa shape index (κ2) is 3.36. The fourth-order valence-electron chi connectivity index (χ4n) is 1.49. The summed E-state index contributed by atoms with van der Waals surface area (Å²) in [6.45, 7) is 0. The van der Waals surface area contributed by atoms with Gasteiger partial charge in [-0.1, -0.05) is 23.2 Å². The van der Waals surface area contributed by atoms with E-state index in [4.69, 9.17) is 23.2 Å². The lowest BCUT2D eigenvalue weighted by atomic mass is 10.1. The molecule has 15 heavy (non-hydrogen) atoms. The predicted molar refractivity (Wildman–Crippen MR) is 56.4 cm³/mol. The first-order valence-electron chi connectivity index (χ1n) is 3.98. The number of halogens is 2. The van der Waals surface area contributed by atoms with Crippen molar-refractivity contribution in [1.29, 1.82) is 0 Å². The van der Waals surface area contributed by atoms with E-state index in [1.807, 2.05) is 0 Å². The van der Waals surface area contributed by atoms with Gasteiger partial charge < -0.3 is 5.11 Å². The summed E-state index contributed by atoms with van der Waals surface area (Å²) in [5.74, 6) is -0.937. The minimum Gasteiger partial charge on any atom is -0.506 e. The van der Waals surface area contributed by atoms with Crippen LogP contribution in [0.2, 0.25) is 10.0 Å². The number of hydrogen-bond acceptors (Lipinski definition) is 3. The maximum Gasteiger partial charge on any atom is 0.200 e. The highest BCUT2D eigenvalue weighted by Crippen LogP contribution is 2.37. The van der Waals surface area contributed by atoms with Crippen LogP contribution in [0.3, 0.4) is 0 Å². The molecular weight excluding hydrogens is 239 g/mol. The number of hydrogen-bond donors (Lipinski definition) is 1. The van der Waals surface area contributed by atoms with Crippen LogP contribution >= 0.6 is 23.2 Å². The van der Waals surface area contributed by atoms with Gasteiger partial charge in [0, 0.05) is 16.1 Å². The van der Waals surface area contributed by atoms with Crippen molar-refractivity contribution in [2.45, 2.75) is 0 Å². The summed E-state index contributed by atoms with van der Waals surface area (Å²) in [5, 5.41) is 10.0. The number of aliphatic hydroxyl groups is 1. The third kappa shape index (κ3) is 1.35. The average Bonchev–Trinajstić information content (AvgIpc) is 2.39. The van der Waals surface area contributed by atoms with E-state index < -0.39 is 5.78 Å². The first kappa shape index (κ1) is 10.2. The Bertz CT molecular complexity index is 518. The molecule has 76 valence electrons. The normalized spacial score (nSPS) is 14.4.